The summed E-state index contributed by atoms with van der Waals surface area (Å²) in [7, 11) is 0. The minimum absolute atomic E-state index is 0.0629. The summed E-state index contributed by atoms with van der Waals surface area (Å²) in [6.45, 7) is 1.05. The summed E-state index contributed by atoms with van der Waals surface area (Å²) in [4.78, 5) is 22.4. The zero-order valence-electron chi connectivity index (χ0n) is 10.3. The highest BCUT2D eigenvalue weighted by atomic mass is 16.2. The van der Waals surface area contributed by atoms with Gasteiger partial charge in [-0.3, -0.25) is 9.59 Å². The van der Waals surface area contributed by atoms with Crippen molar-refractivity contribution in [1.82, 2.24) is 5.32 Å². The molecular formula is C12H23N3O2. The maximum Gasteiger partial charge on any atom is 0.223 e. The van der Waals surface area contributed by atoms with Gasteiger partial charge in [0, 0.05) is 18.9 Å². The van der Waals surface area contributed by atoms with Gasteiger partial charge in [0.05, 0.1) is 0 Å². The topological polar surface area (TPSA) is 98.2 Å². The van der Waals surface area contributed by atoms with Crippen LogP contribution in [-0.2, 0) is 9.59 Å². The molecule has 5 nitrogen and oxygen atoms in total. The Morgan fingerprint density at radius 1 is 1.29 bits per heavy atom. The first-order valence-electron chi connectivity index (χ1n) is 6.39. The molecule has 98 valence electrons. The van der Waals surface area contributed by atoms with Crippen LogP contribution in [0.15, 0.2) is 0 Å². The Hall–Kier alpha value is -1.10. The van der Waals surface area contributed by atoms with Crippen molar-refractivity contribution >= 4 is 11.8 Å². The van der Waals surface area contributed by atoms with Crippen LogP contribution in [-0.4, -0.2) is 24.9 Å². The van der Waals surface area contributed by atoms with Gasteiger partial charge in [-0.25, -0.2) is 0 Å². The molecular weight excluding hydrogens is 218 g/mol. The highest BCUT2D eigenvalue weighted by Gasteiger charge is 2.26. The Morgan fingerprint density at radius 3 is 2.71 bits per heavy atom. The monoisotopic (exact) mass is 241 g/mol. The van der Waals surface area contributed by atoms with E-state index in [-0.39, 0.29) is 24.2 Å². The molecule has 2 atom stereocenters. The molecule has 1 saturated carbocycles. The number of hydrogen-bond donors (Lipinski definition) is 3. The number of carbonyl (C=O) groups is 2. The minimum Gasteiger partial charge on any atom is -0.370 e. The molecule has 0 bridgehead atoms. The van der Waals surface area contributed by atoms with Crippen LogP contribution in [0.4, 0.5) is 0 Å². The van der Waals surface area contributed by atoms with Crippen molar-refractivity contribution in [1.29, 1.82) is 0 Å². The molecule has 0 aromatic heterocycles. The molecule has 2 unspecified atom stereocenters. The van der Waals surface area contributed by atoms with Gasteiger partial charge in [0.1, 0.15) is 0 Å². The minimum atomic E-state index is -0.380. The van der Waals surface area contributed by atoms with Crippen molar-refractivity contribution in [2.24, 2.45) is 23.3 Å². The van der Waals surface area contributed by atoms with Crippen LogP contribution in [0.25, 0.3) is 0 Å². The summed E-state index contributed by atoms with van der Waals surface area (Å²) >= 11 is 0. The number of rotatable bonds is 6. The highest BCUT2D eigenvalue weighted by Crippen LogP contribution is 2.30. The van der Waals surface area contributed by atoms with Crippen LogP contribution >= 0.6 is 0 Å². The van der Waals surface area contributed by atoms with Crippen molar-refractivity contribution in [2.75, 3.05) is 13.1 Å². The zero-order chi connectivity index (χ0) is 12.7. The second kappa shape index (κ2) is 7.27. The standard InChI is InChI=1S/C12H23N3O2/c13-6-4-9-2-1-3-10(8-9)12(17)15-7-5-11(14)16/h9-10H,1-8,13H2,(H2,14,16)(H,15,17). The summed E-state index contributed by atoms with van der Waals surface area (Å²) in [6.07, 6.45) is 5.37. The van der Waals surface area contributed by atoms with E-state index in [1.807, 2.05) is 0 Å². The van der Waals surface area contributed by atoms with E-state index in [0.29, 0.717) is 19.0 Å². The first kappa shape index (κ1) is 14.0. The summed E-state index contributed by atoms with van der Waals surface area (Å²) in [6, 6.07) is 0. The molecule has 0 saturated heterocycles. The quantitative estimate of drug-likeness (QED) is 0.616. The fraction of sp³-hybridized carbons (Fsp3) is 0.833. The lowest BCUT2D eigenvalue weighted by Gasteiger charge is -2.28. The summed E-state index contributed by atoms with van der Waals surface area (Å²) in [5.74, 6) is 0.358. The Labute approximate surface area is 102 Å². The molecule has 1 rings (SSSR count). The first-order chi connectivity index (χ1) is 8.13. The maximum atomic E-state index is 11.8. The molecule has 0 spiro atoms. The van der Waals surface area contributed by atoms with Gasteiger partial charge in [0.15, 0.2) is 0 Å². The smallest absolute Gasteiger partial charge is 0.223 e. The molecule has 17 heavy (non-hydrogen) atoms. The number of hydrogen-bond acceptors (Lipinski definition) is 3. The molecule has 1 fully saturated rings. The molecule has 0 aliphatic heterocycles. The lowest BCUT2D eigenvalue weighted by molar-refractivity contribution is -0.126. The van der Waals surface area contributed by atoms with Crippen molar-refractivity contribution in [3.05, 3.63) is 0 Å². The number of primary amides is 1. The fourth-order valence-corrected chi connectivity index (χ4v) is 2.48. The van der Waals surface area contributed by atoms with Gasteiger partial charge >= 0.3 is 0 Å². The largest absolute Gasteiger partial charge is 0.370 e. The molecule has 1 aliphatic rings. The molecule has 2 amide bonds. The molecule has 0 aromatic rings. The third-order valence-corrected chi connectivity index (χ3v) is 3.40. The second-order valence-corrected chi connectivity index (χ2v) is 4.81. The van der Waals surface area contributed by atoms with E-state index in [4.69, 9.17) is 11.5 Å². The van der Waals surface area contributed by atoms with E-state index < -0.39 is 0 Å². The number of nitrogens with one attached hydrogen (secondary N) is 1. The summed E-state index contributed by atoms with van der Waals surface area (Å²) in [5.41, 5.74) is 10.6. The third kappa shape index (κ3) is 5.17. The highest BCUT2D eigenvalue weighted by molar-refractivity contribution is 5.80. The van der Waals surface area contributed by atoms with Crippen LogP contribution in [0, 0.1) is 11.8 Å². The lowest BCUT2D eigenvalue weighted by atomic mass is 9.79. The summed E-state index contributed by atoms with van der Waals surface area (Å²) < 4.78 is 0. The van der Waals surface area contributed by atoms with E-state index in [9.17, 15) is 9.59 Å². The molecule has 1 aliphatic carbocycles. The Morgan fingerprint density at radius 2 is 2.06 bits per heavy atom. The average molecular weight is 241 g/mol. The van der Waals surface area contributed by atoms with E-state index in [1.54, 1.807) is 0 Å². The van der Waals surface area contributed by atoms with Gasteiger partial charge < -0.3 is 16.8 Å². The zero-order valence-corrected chi connectivity index (χ0v) is 10.3. The maximum absolute atomic E-state index is 11.8. The van der Waals surface area contributed by atoms with Gasteiger partial charge in [0.2, 0.25) is 11.8 Å². The molecule has 0 radical (unpaired) electrons. The Balaban J connectivity index is 2.28. The van der Waals surface area contributed by atoms with Crippen molar-refractivity contribution in [3.8, 4) is 0 Å². The van der Waals surface area contributed by atoms with Crippen LogP contribution in [0.3, 0.4) is 0 Å². The van der Waals surface area contributed by atoms with Crippen LogP contribution in [0.2, 0.25) is 0 Å². The molecule has 5 heteroatoms. The first-order valence-corrected chi connectivity index (χ1v) is 6.39. The normalized spacial score (nSPS) is 24.3. The van der Waals surface area contributed by atoms with Crippen LogP contribution in [0.1, 0.15) is 38.5 Å². The van der Waals surface area contributed by atoms with E-state index in [1.165, 1.54) is 6.42 Å². The number of carbonyl (C=O) groups excluding carboxylic acids is 2. The van der Waals surface area contributed by atoms with E-state index in [2.05, 4.69) is 5.32 Å². The van der Waals surface area contributed by atoms with Crippen molar-refractivity contribution in [2.45, 2.75) is 38.5 Å². The number of amides is 2. The molecule has 0 aromatic carbocycles. The molecule has 5 N–H and O–H groups in total. The van der Waals surface area contributed by atoms with E-state index >= 15 is 0 Å². The van der Waals surface area contributed by atoms with Gasteiger partial charge in [-0.15, -0.1) is 0 Å². The third-order valence-electron chi connectivity index (χ3n) is 3.40. The van der Waals surface area contributed by atoms with Crippen molar-refractivity contribution in [3.63, 3.8) is 0 Å². The predicted molar refractivity (Wildman–Crippen MR) is 65.9 cm³/mol. The fourth-order valence-electron chi connectivity index (χ4n) is 2.48. The lowest BCUT2D eigenvalue weighted by Crippen LogP contribution is -2.35. The average Bonchev–Trinajstić information content (AvgIpc) is 2.29. The Kier molecular flexibility index (Phi) is 5.97. The van der Waals surface area contributed by atoms with E-state index in [0.717, 1.165) is 25.7 Å². The van der Waals surface area contributed by atoms with Crippen LogP contribution in [0.5, 0.6) is 0 Å². The SMILES string of the molecule is NCCC1CCCC(C(=O)NCCC(N)=O)C1. The second-order valence-electron chi connectivity index (χ2n) is 4.81. The number of nitrogens with two attached hydrogens (primary N) is 2. The van der Waals surface area contributed by atoms with Crippen molar-refractivity contribution < 1.29 is 9.59 Å². The van der Waals surface area contributed by atoms with Gasteiger partial charge in [-0.1, -0.05) is 12.8 Å². The van der Waals surface area contributed by atoms with Gasteiger partial charge in [0.25, 0.3) is 0 Å². The van der Waals surface area contributed by atoms with Gasteiger partial charge in [-0.2, -0.15) is 0 Å². The summed E-state index contributed by atoms with van der Waals surface area (Å²) in [5, 5.41) is 2.78. The Bertz CT molecular complexity index is 266. The van der Waals surface area contributed by atoms with Gasteiger partial charge in [-0.05, 0) is 31.7 Å². The van der Waals surface area contributed by atoms with Crippen LogP contribution < -0.4 is 16.8 Å². The molecule has 0 heterocycles. The predicted octanol–water partition coefficient (Wildman–Crippen LogP) is 0.133.